The highest BCUT2D eigenvalue weighted by Crippen LogP contribution is 2.45. The van der Waals surface area contributed by atoms with E-state index in [4.69, 9.17) is 37.0 Å². The van der Waals surface area contributed by atoms with E-state index < -0.39 is 97.5 Å². The number of aliphatic hydroxyl groups excluding tert-OH is 1. The van der Waals surface area contributed by atoms with Crippen molar-refractivity contribution < 1.29 is 80.2 Å². The molecule has 0 saturated heterocycles. The van der Waals surface area contributed by atoms with E-state index in [2.05, 4.69) is 41.5 Å². The summed E-state index contributed by atoms with van der Waals surface area (Å²) in [6.45, 7) is 9.69. The molecule has 0 spiro atoms. The number of ether oxygens (including phenoxy) is 4. The molecule has 0 saturated carbocycles. The van der Waals surface area contributed by atoms with Crippen LogP contribution >= 0.6 is 15.6 Å². The molecule has 17 nitrogen and oxygen atoms in total. The Labute approximate surface area is 632 Å². The summed E-state index contributed by atoms with van der Waals surface area (Å²) >= 11 is 0. The molecule has 0 amide bonds. The Kier molecular flexibility index (Phi) is 74.1. The Balaban J connectivity index is 5.27. The molecule has 0 aliphatic rings. The van der Waals surface area contributed by atoms with Crippen LogP contribution in [0.25, 0.3) is 0 Å². The molecule has 0 aromatic carbocycles. The van der Waals surface area contributed by atoms with Gasteiger partial charge in [0.1, 0.15) is 19.3 Å². The maximum atomic E-state index is 13.1. The second-order valence-electron chi connectivity index (χ2n) is 30.9. The lowest BCUT2D eigenvalue weighted by Crippen LogP contribution is -2.30. The van der Waals surface area contributed by atoms with Crippen LogP contribution in [-0.2, 0) is 65.4 Å². The van der Waals surface area contributed by atoms with Crippen molar-refractivity contribution in [2.45, 2.75) is 464 Å². The van der Waals surface area contributed by atoms with E-state index in [0.29, 0.717) is 25.7 Å². The largest absolute Gasteiger partial charge is 0.472 e. The number of rotatable bonds is 83. The molecular formula is C84H164O17P2. The van der Waals surface area contributed by atoms with Gasteiger partial charge in [-0.25, -0.2) is 9.13 Å². The fourth-order valence-electron chi connectivity index (χ4n) is 13.0. The van der Waals surface area contributed by atoms with Gasteiger partial charge in [0.2, 0.25) is 0 Å². The number of phosphoric ester groups is 2. The lowest BCUT2D eigenvalue weighted by molar-refractivity contribution is -0.161. The van der Waals surface area contributed by atoms with E-state index in [9.17, 15) is 43.2 Å². The zero-order valence-electron chi connectivity index (χ0n) is 67.6. The zero-order valence-corrected chi connectivity index (χ0v) is 69.4. The molecule has 103 heavy (non-hydrogen) atoms. The van der Waals surface area contributed by atoms with E-state index in [-0.39, 0.29) is 25.7 Å². The molecule has 0 rings (SSSR count). The molecule has 0 aliphatic heterocycles. The van der Waals surface area contributed by atoms with Crippen LogP contribution in [0.4, 0.5) is 0 Å². The third kappa shape index (κ3) is 76.6. The van der Waals surface area contributed by atoms with Gasteiger partial charge in [0.15, 0.2) is 12.2 Å². The summed E-state index contributed by atoms with van der Waals surface area (Å²) in [4.78, 5) is 73.2. The Morgan fingerprint density at radius 3 is 0.738 bits per heavy atom. The van der Waals surface area contributed by atoms with Gasteiger partial charge in [-0.2, -0.15) is 0 Å². The third-order valence-electron chi connectivity index (χ3n) is 20.1. The van der Waals surface area contributed by atoms with Gasteiger partial charge in [-0.15, -0.1) is 0 Å². The minimum atomic E-state index is -4.96. The van der Waals surface area contributed by atoms with Crippen LogP contribution in [0.15, 0.2) is 0 Å². The highest BCUT2D eigenvalue weighted by Gasteiger charge is 2.30. The monoisotopic (exact) mass is 1510 g/mol. The second-order valence-corrected chi connectivity index (χ2v) is 33.8. The van der Waals surface area contributed by atoms with Crippen LogP contribution in [0.2, 0.25) is 0 Å². The summed E-state index contributed by atoms with van der Waals surface area (Å²) in [6, 6.07) is 0. The van der Waals surface area contributed by atoms with E-state index in [1.165, 1.54) is 263 Å². The molecule has 3 unspecified atom stereocenters. The second kappa shape index (κ2) is 75.5. The van der Waals surface area contributed by atoms with Crippen LogP contribution in [0.5, 0.6) is 0 Å². The summed E-state index contributed by atoms with van der Waals surface area (Å²) < 4.78 is 68.9. The normalized spacial score (nSPS) is 14.1. The van der Waals surface area contributed by atoms with Crippen molar-refractivity contribution in [2.24, 2.45) is 11.8 Å². The average molecular weight is 1510 g/mol. The number of hydrogen-bond donors (Lipinski definition) is 3. The molecular weight excluding hydrogens is 1340 g/mol. The van der Waals surface area contributed by atoms with E-state index >= 15 is 0 Å². The molecule has 0 bridgehead atoms. The van der Waals surface area contributed by atoms with Crippen molar-refractivity contribution in [1.82, 2.24) is 0 Å². The highest BCUT2D eigenvalue weighted by atomic mass is 31.2. The number of unbranched alkanes of at least 4 members (excludes halogenated alkanes) is 52. The number of carbonyl (C=O) groups is 4. The summed E-state index contributed by atoms with van der Waals surface area (Å²) in [6.07, 6.45) is 66.5. The summed E-state index contributed by atoms with van der Waals surface area (Å²) in [7, 11) is -9.93. The number of aliphatic hydroxyl groups is 1. The average Bonchev–Trinajstić information content (AvgIpc) is 0.907. The summed E-state index contributed by atoms with van der Waals surface area (Å²) in [5.74, 6) is -0.530. The predicted octanol–water partition coefficient (Wildman–Crippen LogP) is 25.5. The Bertz CT molecular complexity index is 1980. The van der Waals surface area contributed by atoms with Gasteiger partial charge < -0.3 is 33.8 Å². The van der Waals surface area contributed by atoms with E-state index in [1.54, 1.807) is 0 Å². The first kappa shape index (κ1) is 101. The molecule has 0 fully saturated rings. The van der Waals surface area contributed by atoms with E-state index in [0.717, 1.165) is 102 Å². The Morgan fingerprint density at radius 1 is 0.282 bits per heavy atom. The number of hydrogen-bond acceptors (Lipinski definition) is 15. The maximum absolute atomic E-state index is 13.1. The fourth-order valence-corrected chi connectivity index (χ4v) is 14.6. The highest BCUT2D eigenvalue weighted by molar-refractivity contribution is 7.47. The van der Waals surface area contributed by atoms with Crippen molar-refractivity contribution in [3.63, 3.8) is 0 Å². The van der Waals surface area contributed by atoms with Gasteiger partial charge in [-0.05, 0) is 37.5 Å². The maximum Gasteiger partial charge on any atom is 0.472 e. The van der Waals surface area contributed by atoms with Crippen LogP contribution < -0.4 is 0 Å². The van der Waals surface area contributed by atoms with Crippen LogP contribution in [-0.4, -0.2) is 96.7 Å². The number of carbonyl (C=O) groups excluding carboxylic acids is 4. The van der Waals surface area contributed by atoms with Crippen LogP contribution in [0, 0.1) is 11.8 Å². The standard InChI is InChI=1S/C84H164O17P2/c1-7-10-12-14-16-18-20-22-24-26-28-33-37-41-48-54-60-66-81(86)94-72-79(100-83(88)69-63-57-51-43-39-35-31-30-32-36-40-46-52-58-64-76(4)5)74-98-102(90,91)96-70-78(85)71-97-103(92,93)99-75-80(73-95-82(87)67-61-55-49-45-44-47-53-59-65-77(6)9-3)101-84(89)68-62-56-50-42-38-34-29-27-25-23-21-19-17-15-13-11-8-2/h76-80,85H,7-75H2,1-6H3,(H,90,91)(H,92,93)/t77?,78-,79-,80-/m1/s1. The van der Waals surface area contributed by atoms with Gasteiger partial charge in [-0.1, -0.05) is 395 Å². The fraction of sp³-hybridized carbons (Fsp3) is 0.952. The minimum Gasteiger partial charge on any atom is -0.462 e. The van der Waals surface area contributed by atoms with Gasteiger partial charge in [0.05, 0.1) is 26.4 Å². The first-order valence-electron chi connectivity index (χ1n) is 43.5. The molecule has 0 heterocycles. The van der Waals surface area contributed by atoms with Crippen LogP contribution in [0.3, 0.4) is 0 Å². The molecule has 3 N–H and O–H groups in total. The van der Waals surface area contributed by atoms with Gasteiger partial charge >= 0.3 is 39.5 Å². The topological polar surface area (TPSA) is 237 Å². The molecule has 6 atom stereocenters. The van der Waals surface area contributed by atoms with Crippen molar-refractivity contribution in [3.05, 3.63) is 0 Å². The number of esters is 4. The molecule has 19 heteroatoms. The molecule has 0 aliphatic carbocycles. The summed E-state index contributed by atoms with van der Waals surface area (Å²) in [5.41, 5.74) is 0. The van der Waals surface area contributed by atoms with Crippen molar-refractivity contribution >= 4 is 39.5 Å². The third-order valence-corrected chi connectivity index (χ3v) is 22.0. The lowest BCUT2D eigenvalue weighted by atomic mass is 9.99. The minimum absolute atomic E-state index is 0.108. The molecule has 0 aromatic heterocycles. The van der Waals surface area contributed by atoms with Gasteiger partial charge in [0.25, 0.3) is 0 Å². The van der Waals surface area contributed by atoms with Crippen molar-refractivity contribution in [3.8, 4) is 0 Å². The van der Waals surface area contributed by atoms with Crippen molar-refractivity contribution in [1.29, 1.82) is 0 Å². The van der Waals surface area contributed by atoms with Crippen LogP contribution in [0.1, 0.15) is 446 Å². The molecule has 0 aromatic rings. The smallest absolute Gasteiger partial charge is 0.462 e. The van der Waals surface area contributed by atoms with Gasteiger partial charge in [0, 0.05) is 25.7 Å². The Morgan fingerprint density at radius 2 is 0.495 bits per heavy atom. The first-order chi connectivity index (χ1) is 49.9. The number of phosphoric acid groups is 2. The Hall–Kier alpha value is -1.94. The predicted molar refractivity (Wildman–Crippen MR) is 423 cm³/mol. The van der Waals surface area contributed by atoms with E-state index in [1.807, 2.05) is 0 Å². The van der Waals surface area contributed by atoms with Crippen molar-refractivity contribution in [2.75, 3.05) is 39.6 Å². The molecule has 0 radical (unpaired) electrons. The lowest BCUT2D eigenvalue weighted by Gasteiger charge is -2.21. The quantitative estimate of drug-likeness (QED) is 0.0222. The summed E-state index contributed by atoms with van der Waals surface area (Å²) in [5, 5.41) is 10.7. The molecule has 612 valence electrons. The first-order valence-corrected chi connectivity index (χ1v) is 46.5. The SMILES string of the molecule is CCCCCCCCCCCCCCCCCCCC(=O)OC[C@H](COP(=O)(O)OC[C@@H](O)COP(=O)(O)OC[C@@H](COC(=O)CCCCCCCCCCC(C)CC)OC(=O)CCCCCCCCCCCCCCCCCCC)OC(=O)CCCCCCCCCCCCCCCCC(C)C. The van der Waals surface area contributed by atoms with Gasteiger partial charge in [-0.3, -0.25) is 37.3 Å². The zero-order chi connectivity index (χ0) is 75.6.